The van der Waals surface area contributed by atoms with Crippen molar-refractivity contribution in [2.24, 2.45) is 23.1 Å². The van der Waals surface area contributed by atoms with E-state index in [1.54, 1.807) is 74.8 Å². The lowest BCUT2D eigenvalue weighted by Crippen LogP contribution is -2.62. The molecule has 3 heterocycles. The molecule has 0 aliphatic rings. The molecule has 24 N–H and O–H groups in total. The number of nitrogens with zero attached hydrogens (tertiary/aromatic N) is 1. The number of benzene rings is 4. The number of aromatic nitrogens is 4. The first-order valence-electron chi connectivity index (χ1n) is 33.7. The number of nitrogens with one attached hydrogen (secondary N) is 14. The van der Waals surface area contributed by atoms with E-state index in [0.717, 1.165) is 0 Å². The van der Waals surface area contributed by atoms with E-state index in [4.69, 9.17) is 17.2 Å². The SMILES string of the molecule is CC(C)[C@H](NC(=O)[C@H](Cc1c[nH]c2ccccc12)NC(=O)[C@H](CC(N)=O)NC(=O)[C@H](CO)NC(=O)[C@@H](N)CS)C(=O)N[C@@H](CS)C(=O)N[C@@H](Cc1ccc(O)cc1)C(=O)N[C@@H](Cc1c[nH]c2ccccc12)C(=O)N[C@@H](Cc1cnc[nH]1)C(=O)N[C@H](C(=O)N[C@@H](Cc1ccc(O)cc1)C(=O)NCC(N)=O)[C@@H](C)O. The predicted molar refractivity (Wildman–Crippen MR) is 395 cm³/mol. The first kappa shape index (κ1) is 82.7. The van der Waals surface area contributed by atoms with Crippen LogP contribution in [0.15, 0.2) is 122 Å². The topological polar surface area (TPSA) is 573 Å². The molecule has 35 nitrogen and oxygen atoms in total. The van der Waals surface area contributed by atoms with Gasteiger partial charge in [-0.1, -0.05) is 74.5 Å². The largest absolute Gasteiger partial charge is 0.508 e. The molecule has 4 aromatic carbocycles. The van der Waals surface area contributed by atoms with Crippen molar-refractivity contribution in [1.29, 1.82) is 0 Å². The Bertz CT molecular complexity index is 4290. The lowest BCUT2D eigenvalue weighted by Gasteiger charge is -2.29. The minimum atomic E-state index is -1.82. The Balaban J connectivity index is 1.14. The fraction of sp³-hybridized carbons (Fsp3) is 0.371. The van der Waals surface area contributed by atoms with Crippen LogP contribution in [0.4, 0.5) is 0 Å². The molecule has 3 aromatic heterocycles. The van der Waals surface area contributed by atoms with E-state index in [1.807, 2.05) is 0 Å². The third-order valence-electron chi connectivity index (χ3n) is 17.0. The molecule has 0 aliphatic heterocycles. The van der Waals surface area contributed by atoms with E-state index in [1.165, 1.54) is 68.0 Å². The van der Waals surface area contributed by atoms with Gasteiger partial charge in [0.2, 0.25) is 76.8 Å². The van der Waals surface area contributed by atoms with Crippen LogP contribution in [-0.4, -0.2) is 214 Å². The summed E-state index contributed by atoms with van der Waals surface area (Å²) in [5.41, 5.74) is 19.8. The maximum Gasteiger partial charge on any atom is 0.245 e. The highest BCUT2D eigenvalue weighted by Gasteiger charge is 2.39. The van der Waals surface area contributed by atoms with Gasteiger partial charge in [0.25, 0.3) is 0 Å². The van der Waals surface area contributed by atoms with Crippen LogP contribution in [0.3, 0.4) is 0 Å². The Morgan fingerprint density at radius 3 is 1.30 bits per heavy atom. The van der Waals surface area contributed by atoms with Crippen LogP contribution in [0.25, 0.3) is 21.8 Å². The van der Waals surface area contributed by atoms with Crippen molar-refractivity contribution in [2.45, 2.75) is 132 Å². The second kappa shape index (κ2) is 39.5. The minimum absolute atomic E-state index is 0.0959. The van der Waals surface area contributed by atoms with E-state index < -0.39 is 181 Å². The van der Waals surface area contributed by atoms with Crippen LogP contribution < -0.4 is 75.7 Å². The van der Waals surface area contributed by atoms with E-state index >= 15 is 9.59 Å². The number of H-pyrrole nitrogens is 3. The summed E-state index contributed by atoms with van der Waals surface area (Å²) < 4.78 is 0. The molecule has 0 unspecified atom stereocenters. The number of imidazole rings is 1. The van der Waals surface area contributed by atoms with Gasteiger partial charge in [-0.3, -0.25) is 62.3 Å². The number of aliphatic hydroxyl groups excluding tert-OH is 2. The number of thiol groups is 2. The summed E-state index contributed by atoms with van der Waals surface area (Å²) in [4.78, 5) is 194. The van der Waals surface area contributed by atoms with Crippen LogP contribution in [0.2, 0.25) is 0 Å². The predicted octanol–water partition coefficient (Wildman–Crippen LogP) is -4.16. The van der Waals surface area contributed by atoms with Gasteiger partial charge in [-0.05, 0) is 71.5 Å². The second-order valence-corrected chi connectivity index (χ2v) is 26.3. The number of phenols is 2. The molecule has 572 valence electrons. The lowest BCUT2D eigenvalue weighted by molar-refractivity contribution is -0.137. The van der Waals surface area contributed by atoms with Crippen molar-refractivity contribution in [3.05, 3.63) is 150 Å². The normalized spacial score (nSPS) is 14.6. The van der Waals surface area contributed by atoms with Gasteiger partial charge in [-0.15, -0.1) is 0 Å². The van der Waals surface area contributed by atoms with Crippen molar-refractivity contribution in [3.63, 3.8) is 0 Å². The zero-order valence-corrected chi connectivity index (χ0v) is 60.1. The first-order valence-corrected chi connectivity index (χ1v) is 35.0. The van der Waals surface area contributed by atoms with Crippen molar-refractivity contribution in [2.75, 3.05) is 24.7 Å². The number of hydrogen-bond acceptors (Lipinski definition) is 21. The van der Waals surface area contributed by atoms with Crippen LogP contribution in [0.1, 0.15) is 55.1 Å². The number of amides is 13. The Kier molecular flexibility index (Phi) is 30.6. The summed E-state index contributed by atoms with van der Waals surface area (Å²) in [5, 5.41) is 70.1. The average molecular weight is 1520 g/mol. The Morgan fingerprint density at radius 1 is 0.449 bits per heavy atom. The molecule has 0 bridgehead atoms. The number of nitrogens with two attached hydrogens (primary N) is 3. The van der Waals surface area contributed by atoms with Gasteiger partial charge in [-0.2, -0.15) is 25.3 Å². The van der Waals surface area contributed by atoms with Gasteiger partial charge in [0.1, 0.15) is 71.9 Å². The Hall–Kier alpha value is -11.5. The fourth-order valence-corrected chi connectivity index (χ4v) is 11.7. The molecule has 0 saturated carbocycles. The first-order chi connectivity index (χ1) is 50.9. The Labute approximate surface area is 623 Å². The van der Waals surface area contributed by atoms with Gasteiger partial charge >= 0.3 is 0 Å². The second-order valence-electron chi connectivity index (χ2n) is 25.6. The fourth-order valence-electron chi connectivity index (χ4n) is 11.2. The highest BCUT2D eigenvalue weighted by Crippen LogP contribution is 2.23. The third-order valence-corrected chi connectivity index (χ3v) is 17.8. The molecule has 0 saturated heterocycles. The summed E-state index contributed by atoms with van der Waals surface area (Å²) >= 11 is 8.36. The molecule has 0 spiro atoms. The van der Waals surface area contributed by atoms with E-state index in [9.17, 15) is 73.2 Å². The molecule has 0 radical (unpaired) electrons. The molecule has 37 heteroatoms. The number of carbonyl (C=O) groups excluding carboxylic acids is 13. The molecular weight excluding hydrogens is 1430 g/mol. The number of hydrogen-bond donors (Lipinski definition) is 23. The summed E-state index contributed by atoms with van der Waals surface area (Å²) in [7, 11) is 0. The smallest absolute Gasteiger partial charge is 0.245 e. The molecule has 0 aliphatic carbocycles. The molecule has 107 heavy (non-hydrogen) atoms. The third kappa shape index (κ3) is 24.3. The van der Waals surface area contributed by atoms with Crippen molar-refractivity contribution < 1.29 is 82.8 Å². The number of phenolic OH excluding ortho intramolecular Hbond substituents is 2. The zero-order valence-electron chi connectivity index (χ0n) is 58.3. The summed E-state index contributed by atoms with van der Waals surface area (Å²) in [6.07, 6.45) is 1.86. The maximum atomic E-state index is 15.2. The average Bonchev–Trinajstić information content (AvgIpc) is 1.72. The number of aliphatic hydroxyl groups is 2. The zero-order chi connectivity index (χ0) is 78.2. The number of carbonyl (C=O) groups is 13. The van der Waals surface area contributed by atoms with Gasteiger partial charge in [0.05, 0.1) is 38.0 Å². The van der Waals surface area contributed by atoms with E-state index in [2.05, 4.69) is 104 Å². The van der Waals surface area contributed by atoms with Crippen molar-refractivity contribution in [3.8, 4) is 11.5 Å². The van der Waals surface area contributed by atoms with E-state index in [0.29, 0.717) is 44.1 Å². The molecule has 0 fully saturated rings. The minimum Gasteiger partial charge on any atom is -0.508 e. The van der Waals surface area contributed by atoms with Crippen LogP contribution in [0, 0.1) is 5.92 Å². The highest BCUT2D eigenvalue weighted by atomic mass is 32.1. The van der Waals surface area contributed by atoms with Gasteiger partial charge in [0, 0.05) is 89.7 Å². The molecular formula is C70H88N18O17S2. The number of fused-ring (bicyclic) bond motifs is 2. The van der Waals surface area contributed by atoms with Crippen molar-refractivity contribution >= 4 is 124 Å². The number of aromatic amines is 3. The van der Waals surface area contributed by atoms with Gasteiger partial charge in [0.15, 0.2) is 0 Å². The van der Waals surface area contributed by atoms with Gasteiger partial charge in [-0.25, -0.2) is 4.98 Å². The monoisotopic (exact) mass is 1520 g/mol. The number of aromatic hydroxyl groups is 2. The summed E-state index contributed by atoms with van der Waals surface area (Å²) in [6.45, 7) is 2.70. The molecule has 12 atom stereocenters. The highest BCUT2D eigenvalue weighted by molar-refractivity contribution is 7.80. The van der Waals surface area contributed by atoms with Gasteiger partial charge < -0.3 is 111 Å². The molecule has 7 aromatic rings. The maximum absolute atomic E-state index is 15.2. The molecule has 13 amide bonds. The summed E-state index contributed by atoms with van der Waals surface area (Å²) in [6, 6.07) is 7.61. The van der Waals surface area contributed by atoms with Crippen molar-refractivity contribution in [1.82, 2.24) is 78.4 Å². The summed E-state index contributed by atoms with van der Waals surface area (Å²) in [5.74, 6) is -14.7. The Morgan fingerprint density at radius 2 is 0.850 bits per heavy atom. The van der Waals surface area contributed by atoms with Crippen LogP contribution in [0.5, 0.6) is 11.5 Å². The number of rotatable bonds is 40. The van der Waals surface area contributed by atoms with Crippen LogP contribution in [-0.2, 0) is 94.4 Å². The van der Waals surface area contributed by atoms with Crippen LogP contribution >= 0.6 is 25.3 Å². The standard InChI is InChI=1S/C70H88N18O17S2/c1-34(2)58(87-65(100)51(23-39-27-76-47-11-7-5-9-44(39)47)81-64(99)53(25-56(72)93)83-67(102)54(30-89)85-60(95)45(71)31-106)69(104)86-55(32-107)68(103)79-49(21-37-14-18-42(92)19-15-37)62(97)80-50(22-38-26-75-46-10-6-4-8-43(38)46)63(98)82-52(24-40-28-74-33-78-40)66(101)88-59(35(3)90)70(105)84-48(61(96)77-29-57(73)94)20-36-12-16-41(91)17-13-36/h4-19,26-28,33-35,45,48-55,58-59,75-76,89-92,106-107H,20-25,29-32,71H2,1-3H3,(H2,72,93)(H2,73,94)(H,74,78)(H,77,96)(H,79,103)(H,80,97)(H,81,99)(H,82,98)(H,83,102)(H,84,105)(H,85,95)(H,86,104)(H,87,100)(H,88,101)/t35-,45+,48+,49+,50+,51+,52+,53+,54+,55+,58+,59+/m1/s1. The number of para-hydroxylation sites is 2. The van der Waals surface area contributed by atoms with E-state index in [-0.39, 0.29) is 55.0 Å². The quantitative estimate of drug-likeness (QED) is 0.0162. The lowest BCUT2D eigenvalue weighted by atomic mass is 9.99. The molecule has 7 rings (SSSR count). The number of primary amides is 2.